The highest BCUT2D eigenvalue weighted by atomic mass is 32.2. The predicted molar refractivity (Wildman–Crippen MR) is 82.0 cm³/mol. The maximum atomic E-state index is 11.9. The Morgan fingerprint density at radius 2 is 1.86 bits per heavy atom. The van der Waals surface area contributed by atoms with E-state index in [1.807, 2.05) is 6.92 Å². The molecule has 21 heavy (non-hydrogen) atoms. The minimum absolute atomic E-state index is 0.0766. The summed E-state index contributed by atoms with van der Waals surface area (Å²) >= 11 is 0. The molecule has 5 N–H and O–H groups in total. The van der Waals surface area contributed by atoms with Crippen molar-refractivity contribution in [3.63, 3.8) is 0 Å². The molecular weight excluding hydrogens is 290 g/mol. The second-order valence-corrected chi connectivity index (χ2v) is 6.92. The zero-order valence-corrected chi connectivity index (χ0v) is 13.2. The molecule has 6 nitrogen and oxygen atoms in total. The van der Waals surface area contributed by atoms with Gasteiger partial charge in [0.05, 0.1) is 10.4 Å². The molecule has 1 atom stereocenters. The minimum atomic E-state index is -3.67. The average molecular weight is 313 g/mol. The van der Waals surface area contributed by atoms with Gasteiger partial charge in [-0.3, -0.25) is 4.79 Å². The third-order valence-corrected chi connectivity index (χ3v) is 4.17. The summed E-state index contributed by atoms with van der Waals surface area (Å²) in [5, 5.41) is 7.82. The van der Waals surface area contributed by atoms with Crippen LogP contribution in [0.4, 0.5) is 0 Å². The monoisotopic (exact) mass is 313 g/mol. The Labute approximate surface area is 126 Å². The van der Waals surface area contributed by atoms with Crippen molar-refractivity contribution in [3.05, 3.63) is 29.8 Å². The average Bonchev–Trinajstić information content (AvgIpc) is 2.38. The van der Waals surface area contributed by atoms with Crippen molar-refractivity contribution in [1.82, 2.24) is 5.32 Å². The first-order valence-corrected chi connectivity index (χ1v) is 8.40. The zero-order valence-electron chi connectivity index (χ0n) is 12.4. The molecular formula is C14H23N3O3S. The van der Waals surface area contributed by atoms with Gasteiger partial charge in [-0.15, -0.1) is 0 Å². The molecule has 0 heterocycles. The zero-order chi connectivity index (χ0) is 16.1. The van der Waals surface area contributed by atoms with E-state index in [0.29, 0.717) is 19.4 Å². The molecule has 1 unspecified atom stereocenters. The fourth-order valence-corrected chi connectivity index (χ4v) is 2.52. The van der Waals surface area contributed by atoms with Crippen LogP contribution in [0.3, 0.4) is 0 Å². The van der Waals surface area contributed by atoms with Gasteiger partial charge in [0.2, 0.25) is 15.9 Å². The van der Waals surface area contributed by atoms with Crippen molar-refractivity contribution >= 4 is 15.9 Å². The molecule has 1 aromatic carbocycles. The molecule has 1 aromatic rings. The number of nitrogens with one attached hydrogen (secondary N) is 1. The fourth-order valence-electron chi connectivity index (χ4n) is 2.00. The van der Waals surface area contributed by atoms with Gasteiger partial charge in [-0.25, -0.2) is 13.6 Å². The summed E-state index contributed by atoms with van der Waals surface area (Å²) < 4.78 is 22.3. The Balaban J connectivity index is 2.52. The molecule has 0 spiro atoms. The van der Waals surface area contributed by atoms with E-state index in [2.05, 4.69) is 5.32 Å². The lowest BCUT2D eigenvalue weighted by Gasteiger charge is -2.22. The summed E-state index contributed by atoms with van der Waals surface area (Å²) in [5.41, 5.74) is 5.98. The molecule has 1 amide bonds. The molecule has 1 rings (SSSR count). The maximum Gasteiger partial charge on any atom is 0.239 e. The van der Waals surface area contributed by atoms with Crippen LogP contribution in [-0.4, -0.2) is 26.4 Å². The molecule has 0 aliphatic heterocycles. The summed E-state index contributed by atoms with van der Waals surface area (Å²) in [6.45, 7) is 4.14. The van der Waals surface area contributed by atoms with E-state index in [9.17, 15) is 13.2 Å². The summed E-state index contributed by atoms with van der Waals surface area (Å²) in [6.07, 6.45) is 2.07. The summed E-state index contributed by atoms with van der Waals surface area (Å²) in [5.74, 6) is -0.175. The van der Waals surface area contributed by atoms with Gasteiger partial charge in [0.1, 0.15) is 0 Å². The van der Waals surface area contributed by atoms with Crippen LogP contribution in [0.25, 0.3) is 0 Å². The van der Waals surface area contributed by atoms with Gasteiger partial charge in [-0.1, -0.05) is 25.5 Å². The van der Waals surface area contributed by atoms with Crippen molar-refractivity contribution in [2.24, 2.45) is 10.9 Å². The van der Waals surface area contributed by atoms with Gasteiger partial charge in [0, 0.05) is 6.54 Å². The molecule has 7 heteroatoms. The number of carbonyl (C=O) groups is 1. The van der Waals surface area contributed by atoms with Crippen LogP contribution in [0.2, 0.25) is 0 Å². The molecule has 0 aromatic heterocycles. The SMILES string of the molecule is CCCC(C)(N)C(=O)NCCc1ccc(S(N)(=O)=O)cc1. The Bertz CT molecular complexity index is 580. The van der Waals surface area contributed by atoms with E-state index in [1.165, 1.54) is 12.1 Å². The van der Waals surface area contributed by atoms with Gasteiger partial charge in [-0.2, -0.15) is 0 Å². The lowest BCUT2D eigenvalue weighted by Crippen LogP contribution is -2.51. The van der Waals surface area contributed by atoms with Crippen LogP contribution < -0.4 is 16.2 Å². The molecule has 0 aliphatic carbocycles. The highest BCUT2D eigenvalue weighted by Gasteiger charge is 2.26. The predicted octanol–water partition coefficient (Wildman–Crippen LogP) is 0.510. The summed E-state index contributed by atoms with van der Waals surface area (Å²) in [7, 11) is -3.67. The van der Waals surface area contributed by atoms with Crippen LogP contribution in [-0.2, 0) is 21.2 Å². The lowest BCUT2D eigenvalue weighted by molar-refractivity contribution is -0.126. The van der Waals surface area contributed by atoms with Gasteiger partial charge in [0.15, 0.2) is 0 Å². The van der Waals surface area contributed by atoms with Crippen LogP contribution in [0.5, 0.6) is 0 Å². The number of carbonyl (C=O) groups excluding carboxylic acids is 1. The Hall–Kier alpha value is -1.44. The number of benzene rings is 1. The largest absolute Gasteiger partial charge is 0.354 e. The highest BCUT2D eigenvalue weighted by Crippen LogP contribution is 2.10. The Morgan fingerprint density at radius 1 is 1.29 bits per heavy atom. The van der Waals surface area contributed by atoms with E-state index in [-0.39, 0.29) is 10.8 Å². The topological polar surface area (TPSA) is 115 Å². The number of sulfonamides is 1. The van der Waals surface area contributed by atoms with E-state index in [4.69, 9.17) is 10.9 Å². The molecule has 0 fully saturated rings. The van der Waals surface area contributed by atoms with Crippen molar-refractivity contribution in [2.45, 2.75) is 43.5 Å². The molecule has 0 saturated carbocycles. The summed E-state index contributed by atoms with van der Waals surface area (Å²) in [4.78, 5) is 12.0. The second kappa shape index (κ2) is 7.02. The number of hydrogen-bond donors (Lipinski definition) is 3. The van der Waals surface area contributed by atoms with Crippen molar-refractivity contribution in [1.29, 1.82) is 0 Å². The number of rotatable bonds is 7. The smallest absolute Gasteiger partial charge is 0.239 e. The summed E-state index contributed by atoms with van der Waals surface area (Å²) in [6, 6.07) is 6.27. The lowest BCUT2D eigenvalue weighted by atomic mass is 9.96. The van der Waals surface area contributed by atoms with Crippen molar-refractivity contribution in [2.75, 3.05) is 6.54 Å². The fraction of sp³-hybridized carbons (Fsp3) is 0.500. The van der Waals surface area contributed by atoms with E-state index in [0.717, 1.165) is 12.0 Å². The maximum absolute atomic E-state index is 11.9. The number of primary sulfonamides is 1. The first-order valence-electron chi connectivity index (χ1n) is 6.86. The molecule has 0 aliphatic rings. The number of nitrogens with two attached hydrogens (primary N) is 2. The third kappa shape index (κ3) is 5.45. The van der Waals surface area contributed by atoms with Crippen molar-refractivity contribution in [3.8, 4) is 0 Å². The quantitative estimate of drug-likeness (QED) is 0.680. The Morgan fingerprint density at radius 3 is 2.33 bits per heavy atom. The second-order valence-electron chi connectivity index (χ2n) is 5.36. The van der Waals surface area contributed by atoms with Crippen molar-refractivity contribution < 1.29 is 13.2 Å². The van der Waals surface area contributed by atoms with E-state index in [1.54, 1.807) is 19.1 Å². The standard InChI is InChI=1S/C14H23N3O3S/c1-3-9-14(2,15)13(18)17-10-8-11-4-6-12(7-5-11)21(16,19)20/h4-7H,3,8-10,15H2,1-2H3,(H,17,18)(H2,16,19,20). The first kappa shape index (κ1) is 17.6. The molecule has 0 saturated heterocycles. The van der Waals surface area contributed by atoms with Crippen LogP contribution in [0, 0.1) is 0 Å². The van der Waals surface area contributed by atoms with Gasteiger partial charge in [0.25, 0.3) is 0 Å². The van der Waals surface area contributed by atoms with Gasteiger partial charge in [-0.05, 0) is 37.5 Å². The normalized spacial score (nSPS) is 14.5. The number of amides is 1. The highest BCUT2D eigenvalue weighted by molar-refractivity contribution is 7.89. The van der Waals surface area contributed by atoms with E-state index >= 15 is 0 Å². The van der Waals surface area contributed by atoms with Gasteiger partial charge >= 0.3 is 0 Å². The third-order valence-electron chi connectivity index (χ3n) is 3.24. The molecule has 0 radical (unpaired) electrons. The molecule has 0 bridgehead atoms. The minimum Gasteiger partial charge on any atom is -0.354 e. The first-order chi connectivity index (χ1) is 9.66. The molecule has 118 valence electrons. The number of hydrogen-bond acceptors (Lipinski definition) is 4. The van der Waals surface area contributed by atoms with E-state index < -0.39 is 15.6 Å². The van der Waals surface area contributed by atoms with Crippen LogP contribution in [0.1, 0.15) is 32.3 Å². The Kier molecular flexibility index (Phi) is 5.88. The van der Waals surface area contributed by atoms with Crippen LogP contribution in [0.15, 0.2) is 29.2 Å². The van der Waals surface area contributed by atoms with Crippen LogP contribution >= 0.6 is 0 Å². The van der Waals surface area contributed by atoms with Gasteiger partial charge < -0.3 is 11.1 Å².